The fraction of sp³-hybridized carbons (Fsp3) is 0.421. The van der Waals surface area contributed by atoms with Gasteiger partial charge >= 0.3 is 11.9 Å². The number of esters is 1. The monoisotopic (exact) mass is 451 g/mol. The lowest BCUT2D eigenvalue weighted by Gasteiger charge is -2.44. The Kier molecular flexibility index (Phi) is 6.62. The molecule has 0 aliphatic carbocycles. The van der Waals surface area contributed by atoms with Gasteiger partial charge in [-0.1, -0.05) is 0 Å². The minimum atomic E-state index is -1.25. The number of rotatable bonds is 9. The molecule has 4 atom stereocenters. The third kappa shape index (κ3) is 4.55. The lowest BCUT2D eigenvalue weighted by molar-refractivity contribution is -0.384. The van der Waals surface area contributed by atoms with Crippen molar-refractivity contribution in [2.45, 2.75) is 38.1 Å². The molecule has 11 nitrogen and oxygen atoms in total. The van der Waals surface area contributed by atoms with Crippen molar-refractivity contribution in [2.75, 3.05) is 5.75 Å². The van der Waals surface area contributed by atoms with Crippen LogP contribution in [0.4, 0.5) is 5.69 Å². The highest BCUT2D eigenvalue weighted by molar-refractivity contribution is 8.03. The quantitative estimate of drug-likeness (QED) is 0.209. The maximum Gasteiger partial charge on any atom is 0.353 e. The Balaban J connectivity index is 1.55. The maximum absolute atomic E-state index is 12.2. The molecule has 1 aromatic rings. The molecule has 0 spiro atoms. The van der Waals surface area contributed by atoms with E-state index in [1.807, 2.05) is 0 Å². The molecule has 31 heavy (non-hydrogen) atoms. The van der Waals surface area contributed by atoms with E-state index >= 15 is 0 Å². The van der Waals surface area contributed by atoms with E-state index in [1.54, 1.807) is 0 Å². The average Bonchev–Trinajstić information content (AvgIpc) is 3.04. The van der Waals surface area contributed by atoms with E-state index < -0.39 is 46.9 Å². The van der Waals surface area contributed by atoms with Crippen molar-refractivity contribution < 1.29 is 34.3 Å². The van der Waals surface area contributed by atoms with Crippen LogP contribution >= 0.6 is 11.8 Å². The summed E-state index contributed by atoms with van der Waals surface area (Å²) >= 11 is 1.07. The molecule has 1 aromatic carbocycles. The van der Waals surface area contributed by atoms with Crippen molar-refractivity contribution in [1.82, 2.24) is 4.90 Å². The third-order valence-corrected chi connectivity index (χ3v) is 6.39. The fourth-order valence-electron chi connectivity index (χ4n) is 3.59. The summed E-state index contributed by atoms with van der Waals surface area (Å²) in [4.78, 5) is 47.7. The molecular formula is C19H21N3O8S. The number of amides is 1. The number of hydrogen-bond donors (Lipinski definition) is 3. The number of carboxylic acids is 1. The molecule has 2 aliphatic heterocycles. The summed E-state index contributed by atoms with van der Waals surface area (Å²) in [6, 6.07) is 4.07. The number of nitrogens with zero attached hydrogens (tertiary/aromatic N) is 2. The number of fused-ring (bicyclic) bond motifs is 1. The number of nitro benzene ring substituents is 1. The van der Waals surface area contributed by atoms with Crippen molar-refractivity contribution >= 4 is 35.3 Å². The fourth-order valence-corrected chi connectivity index (χ4v) is 4.72. The van der Waals surface area contributed by atoms with Crippen molar-refractivity contribution in [3.63, 3.8) is 0 Å². The highest BCUT2D eigenvalue weighted by atomic mass is 32.2. The molecule has 2 aliphatic rings. The molecular weight excluding hydrogens is 430 g/mol. The Morgan fingerprint density at radius 1 is 1.39 bits per heavy atom. The van der Waals surface area contributed by atoms with Gasteiger partial charge in [-0.15, -0.1) is 11.8 Å². The summed E-state index contributed by atoms with van der Waals surface area (Å²) < 4.78 is 5.12. The number of carbonyl (C=O) groups is 3. The van der Waals surface area contributed by atoms with Gasteiger partial charge in [0.05, 0.1) is 23.0 Å². The third-order valence-electron chi connectivity index (χ3n) is 5.16. The van der Waals surface area contributed by atoms with E-state index in [2.05, 4.69) is 0 Å². The lowest BCUT2D eigenvalue weighted by atomic mass is 9.83. The van der Waals surface area contributed by atoms with Gasteiger partial charge in [-0.25, -0.2) is 4.79 Å². The number of β-lactam (4-membered cyclic amide) rings is 1. The highest BCUT2D eigenvalue weighted by Gasteiger charge is 2.56. The Bertz CT molecular complexity index is 946. The lowest BCUT2D eigenvalue weighted by Crippen LogP contribution is -2.61. The minimum absolute atomic E-state index is 0.0410. The van der Waals surface area contributed by atoms with Gasteiger partial charge in [0.1, 0.15) is 18.3 Å². The van der Waals surface area contributed by atoms with Crippen molar-refractivity contribution in [3.05, 3.63) is 50.5 Å². The van der Waals surface area contributed by atoms with Gasteiger partial charge in [-0.2, -0.15) is 0 Å². The second kappa shape index (κ2) is 9.04. The number of aliphatic hydroxyl groups excluding tert-OH is 1. The molecule has 3 rings (SSSR count). The van der Waals surface area contributed by atoms with Crippen molar-refractivity contribution in [1.29, 1.82) is 0 Å². The molecule has 0 bridgehead atoms. The number of carboxylic acid groups (broad SMARTS) is 1. The van der Waals surface area contributed by atoms with E-state index in [9.17, 15) is 34.7 Å². The van der Waals surface area contributed by atoms with Crippen LogP contribution in [0.2, 0.25) is 0 Å². The minimum Gasteiger partial charge on any atom is -0.477 e. The summed E-state index contributed by atoms with van der Waals surface area (Å²) in [7, 11) is 0. The van der Waals surface area contributed by atoms with E-state index in [0.717, 1.165) is 11.8 Å². The van der Waals surface area contributed by atoms with Crippen molar-refractivity contribution in [2.24, 2.45) is 11.7 Å². The van der Waals surface area contributed by atoms with Gasteiger partial charge in [0.2, 0.25) is 5.91 Å². The standard InChI is InChI=1S/C19H21N3O8S/c1-9(23)15-13-6-14(16(18(25)26)21(13)17(15)24)31-8-12(20)19(27)30-7-10-2-4-11(5-3-10)22(28)29/h2-5,9,12-13,15,23H,6-8,20H2,1H3,(H,25,26)/t9-,12?,13?,15-/m0/s1. The van der Waals surface area contributed by atoms with E-state index in [4.69, 9.17) is 10.5 Å². The van der Waals surface area contributed by atoms with Crippen LogP contribution in [0.25, 0.3) is 0 Å². The number of benzene rings is 1. The van der Waals surface area contributed by atoms with Crippen LogP contribution in [0.3, 0.4) is 0 Å². The van der Waals surface area contributed by atoms with E-state index in [1.165, 1.54) is 36.1 Å². The van der Waals surface area contributed by atoms with Crippen molar-refractivity contribution in [3.8, 4) is 0 Å². The number of aliphatic carboxylic acids is 1. The van der Waals surface area contributed by atoms with Crippen LogP contribution in [0, 0.1) is 16.0 Å². The van der Waals surface area contributed by atoms with Crippen LogP contribution in [0.1, 0.15) is 18.9 Å². The van der Waals surface area contributed by atoms with Gasteiger partial charge in [-0.3, -0.25) is 19.7 Å². The van der Waals surface area contributed by atoms with Gasteiger partial charge < -0.3 is 25.6 Å². The highest BCUT2D eigenvalue weighted by Crippen LogP contribution is 2.47. The van der Waals surface area contributed by atoms with Gasteiger partial charge in [0.15, 0.2) is 0 Å². The molecule has 166 valence electrons. The predicted molar refractivity (Wildman–Crippen MR) is 108 cm³/mol. The summed E-state index contributed by atoms with van der Waals surface area (Å²) in [6.45, 7) is 1.38. The number of aliphatic hydroxyl groups is 1. The number of thioether (sulfide) groups is 1. The molecule has 0 saturated carbocycles. The van der Waals surface area contributed by atoms with Gasteiger partial charge in [-0.05, 0) is 24.6 Å². The summed E-state index contributed by atoms with van der Waals surface area (Å²) in [5, 5.41) is 29.9. The number of ether oxygens (including phenoxy) is 1. The first-order valence-electron chi connectivity index (χ1n) is 9.37. The summed E-state index contributed by atoms with van der Waals surface area (Å²) in [5.41, 5.74) is 6.19. The molecule has 4 N–H and O–H groups in total. The zero-order chi connectivity index (χ0) is 22.9. The molecule has 2 unspecified atom stereocenters. The predicted octanol–water partition coefficient (Wildman–Crippen LogP) is 0.606. The van der Waals surface area contributed by atoms with Gasteiger partial charge in [0.25, 0.3) is 5.69 Å². The molecule has 1 saturated heterocycles. The van der Waals surface area contributed by atoms with Crippen LogP contribution in [0.5, 0.6) is 0 Å². The number of hydrogen-bond acceptors (Lipinski definition) is 9. The Hall–Kier alpha value is -2.96. The molecule has 12 heteroatoms. The Morgan fingerprint density at radius 2 is 2.03 bits per heavy atom. The largest absolute Gasteiger partial charge is 0.477 e. The first-order valence-corrected chi connectivity index (χ1v) is 10.4. The second-order valence-electron chi connectivity index (χ2n) is 7.27. The Labute approximate surface area is 181 Å². The number of nitrogens with two attached hydrogens (primary N) is 1. The second-order valence-corrected chi connectivity index (χ2v) is 8.39. The maximum atomic E-state index is 12.2. The zero-order valence-corrected chi connectivity index (χ0v) is 17.3. The topological polar surface area (TPSA) is 173 Å². The molecule has 2 heterocycles. The summed E-state index contributed by atoms with van der Waals surface area (Å²) in [5.74, 6) is -2.99. The Morgan fingerprint density at radius 3 is 2.58 bits per heavy atom. The first-order chi connectivity index (χ1) is 14.6. The van der Waals surface area contributed by atoms with Crippen LogP contribution in [0.15, 0.2) is 34.9 Å². The molecule has 0 aromatic heterocycles. The van der Waals surface area contributed by atoms with Crippen LogP contribution < -0.4 is 5.73 Å². The van der Waals surface area contributed by atoms with E-state index in [-0.39, 0.29) is 30.2 Å². The number of nitro groups is 1. The molecule has 1 amide bonds. The zero-order valence-electron chi connectivity index (χ0n) is 16.5. The van der Waals surface area contributed by atoms with Gasteiger partial charge in [0, 0.05) is 29.2 Å². The SMILES string of the molecule is C[C@H](O)[C@@H]1C(=O)N2C(C(=O)O)=C(SCC(N)C(=O)OCc3ccc([N+](=O)[O-])cc3)CC12. The van der Waals surface area contributed by atoms with Crippen LogP contribution in [-0.4, -0.2) is 61.8 Å². The molecule has 0 radical (unpaired) electrons. The van der Waals surface area contributed by atoms with Crippen LogP contribution in [-0.2, 0) is 25.7 Å². The first kappa shape index (κ1) is 22.7. The number of non-ortho nitro benzene ring substituents is 1. The summed E-state index contributed by atoms with van der Waals surface area (Å²) in [6.07, 6.45) is -0.608. The average molecular weight is 451 g/mol. The number of carbonyl (C=O) groups excluding carboxylic acids is 2. The van der Waals surface area contributed by atoms with E-state index in [0.29, 0.717) is 10.5 Å². The normalized spacial score (nSPS) is 21.9. The molecule has 1 fully saturated rings. The smallest absolute Gasteiger partial charge is 0.353 e.